The molecular formula is C21H17ClN2O6P2. The van der Waals surface area contributed by atoms with Gasteiger partial charge < -0.3 is 13.9 Å². The van der Waals surface area contributed by atoms with Gasteiger partial charge >= 0.3 is 15.9 Å². The van der Waals surface area contributed by atoms with Crippen LogP contribution in [0.2, 0.25) is 5.02 Å². The maximum Gasteiger partial charge on any atom is 0.365 e. The second-order valence-electron chi connectivity index (χ2n) is 7.17. The zero-order valence-corrected chi connectivity index (χ0v) is 19.1. The molecule has 3 heterocycles. The molecular weight excluding hydrogens is 474 g/mol. The van der Waals surface area contributed by atoms with Gasteiger partial charge in [-0.2, -0.15) is 0 Å². The first-order valence-corrected chi connectivity index (χ1v) is 12.9. The molecule has 1 aliphatic rings. The lowest BCUT2D eigenvalue weighted by Gasteiger charge is -2.30. The van der Waals surface area contributed by atoms with E-state index in [1.165, 1.54) is 18.5 Å². The third-order valence-electron chi connectivity index (χ3n) is 5.15. The Morgan fingerprint density at radius 2 is 2.03 bits per heavy atom. The van der Waals surface area contributed by atoms with Gasteiger partial charge in [0.05, 0.1) is 23.5 Å². The summed E-state index contributed by atoms with van der Waals surface area (Å²) in [6, 6.07) is 13.9. The van der Waals surface area contributed by atoms with E-state index < -0.39 is 22.0 Å². The van der Waals surface area contributed by atoms with Gasteiger partial charge in [-0.25, -0.2) is 4.57 Å². The van der Waals surface area contributed by atoms with E-state index in [1.807, 2.05) is 12.1 Å². The molecule has 3 atom stereocenters. The Labute approximate surface area is 188 Å². The molecule has 32 heavy (non-hydrogen) atoms. The summed E-state index contributed by atoms with van der Waals surface area (Å²) in [5.74, 6) is 0.241. The Kier molecular flexibility index (Phi) is 5.76. The maximum absolute atomic E-state index is 13.6. The first-order chi connectivity index (χ1) is 15.4. The molecule has 2 aromatic heterocycles. The molecule has 4 aromatic rings. The highest BCUT2D eigenvalue weighted by Gasteiger charge is 2.36. The SMILES string of the molecule is O=[PH](O)Oc1ccnc2c1ccc1cc(P3(=O)OCC[C@@H](c4cccc(Cl)c4)O3)cnc12. The Morgan fingerprint density at radius 3 is 2.84 bits per heavy atom. The number of benzene rings is 2. The second kappa shape index (κ2) is 8.56. The topological polar surface area (TPSA) is 108 Å². The van der Waals surface area contributed by atoms with Crippen LogP contribution in [-0.4, -0.2) is 21.5 Å². The van der Waals surface area contributed by atoms with Gasteiger partial charge in [0, 0.05) is 34.6 Å². The Bertz CT molecular complexity index is 1420. The van der Waals surface area contributed by atoms with Crippen molar-refractivity contribution in [2.45, 2.75) is 12.5 Å². The smallest absolute Gasteiger partial charge is 0.365 e. The van der Waals surface area contributed by atoms with Crippen molar-refractivity contribution in [3.8, 4) is 5.75 Å². The van der Waals surface area contributed by atoms with Crippen molar-refractivity contribution >= 4 is 54.6 Å². The van der Waals surface area contributed by atoms with Crippen molar-refractivity contribution in [3.63, 3.8) is 0 Å². The lowest BCUT2D eigenvalue weighted by atomic mass is 10.1. The molecule has 2 unspecified atom stereocenters. The van der Waals surface area contributed by atoms with Gasteiger partial charge in [-0.1, -0.05) is 29.8 Å². The van der Waals surface area contributed by atoms with Crippen LogP contribution in [0.25, 0.3) is 21.8 Å². The molecule has 1 aliphatic heterocycles. The number of nitrogens with zero attached hydrogens (tertiary/aromatic N) is 2. The quantitative estimate of drug-likeness (QED) is 0.307. The van der Waals surface area contributed by atoms with Crippen LogP contribution in [0, 0.1) is 0 Å². The van der Waals surface area contributed by atoms with Gasteiger partial charge in [-0.15, -0.1) is 0 Å². The van der Waals surface area contributed by atoms with Crippen molar-refractivity contribution < 1.29 is 27.6 Å². The average molecular weight is 491 g/mol. The number of halogens is 1. The van der Waals surface area contributed by atoms with E-state index in [-0.39, 0.29) is 12.4 Å². The second-order valence-corrected chi connectivity index (χ2v) is 10.3. The first kappa shape index (κ1) is 21.5. The highest BCUT2D eigenvalue weighted by atomic mass is 35.5. The van der Waals surface area contributed by atoms with Crippen LogP contribution in [0.1, 0.15) is 18.1 Å². The van der Waals surface area contributed by atoms with Gasteiger partial charge in [0.15, 0.2) is 0 Å². The van der Waals surface area contributed by atoms with Crippen molar-refractivity contribution in [2.75, 3.05) is 6.61 Å². The zero-order chi connectivity index (χ0) is 22.3. The minimum absolute atomic E-state index is 0.241. The largest absolute Gasteiger partial charge is 0.426 e. The highest BCUT2D eigenvalue weighted by molar-refractivity contribution is 7.62. The molecule has 0 bridgehead atoms. The number of fused-ring (bicyclic) bond motifs is 3. The molecule has 1 saturated heterocycles. The van der Waals surface area contributed by atoms with Crippen molar-refractivity contribution in [1.82, 2.24) is 9.97 Å². The maximum atomic E-state index is 13.6. The predicted molar refractivity (Wildman–Crippen MR) is 122 cm³/mol. The Morgan fingerprint density at radius 1 is 1.16 bits per heavy atom. The van der Waals surface area contributed by atoms with E-state index in [0.29, 0.717) is 38.6 Å². The lowest BCUT2D eigenvalue weighted by Crippen LogP contribution is -2.20. The summed E-state index contributed by atoms with van der Waals surface area (Å²) in [7, 11) is -6.78. The fourth-order valence-electron chi connectivity index (χ4n) is 3.71. The van der Waals surface area contributed by atoms with Crippen LogP contribution in [-0.2, 0) is 18.2 Å². The molecule has 11 heteroatoms. The van der Waals surface area contributed by atoms with Crippen molar-refractivity contribution in [3.05, 3.63) is 71.5 Å². The van der Waals surface area contributed by atoms with E-state index in [9.17, 15) is 9.13 Å². The molecule has 0 spiro atoms. The first-order valence-electron chi connectivity index (χ1n) is 9.70. The summed E-state index contributed by atoms with van der Waals surface area (Å²) in [6.07, 6.45) is 3.06. The van der Waals surface area contributed by atoms with Crippen molar-refractivity contribution in [2.24, 2.45) is 0 Å². The van der Waals surface area contributed by atoms with Gasteiger partial charge in [0.25, 0.3) is 0 Å². The predicted octanol–water partition coefficient (Wildman–Crippen LogP) is 5.19. The van der Waals surface area contributed by atoms with Crippen molar-refractivity contribution in [1.29, 1.82) is 0 Å². The summed E-state index contributed by atoms with van der Waals surface area (Å²) in [6.45, 7) is 0.271. The molecule has 0 amide bonds. The summed E-state index contributed by atoms with van der Waals surface area (Å²) < 4.78 is 41.3. The van der Waals surface area contributed by atoms with Crippen LogP contribution in [0.4, 0.5) is 0 Å². The summed E-state index contributed by atoms with van der Waals surface area (Å²) in [5, 5.41) is 2.13. The van der Waals surface area contributed by atoms with Gasteiger partial charge in [-0.05, 0) is 35.9 Å². The van der Waals surface area contributed by atoms with Crippen LogP contribution < -0.4 is 9.83 Å². The average Bonchev–Trinajstić information content (AvgIpc) is 2.78. The molecule has 2 aromatic carbocycles. The van der Waals surface area contributed by atoms with E-state index in [2.05, 4.69) is 9.97 Å². The van der Waals surface area contributed by atoms with Gasteiger partial charge in [0.1, 0.15) is 11.3 Å². The lowest BCUT2D eigenvalue weighted by molar-refractivity contribution is 0.0875. The fraction of sp³-hybridized carbons (Fsp3) is 0.143. The zero-order valence-electron chi connectivity index (χ0n) is 16.5. The number of rotatable bonds is 4. The van der Waals surface area contributed by atoms with Crippen LogP contribution in [0.15, 0.2) is 60.9 Å². The van der Waals surface area contributed by atoms with Crippen LogP contribution >= 0.6 is 27.5 Å². The minimum Gasteiger partial charge on any atom is -0.426 e. The molecule has 0 aliphatic carbocycles. The number of hydrogen-bond acceptors (Lipinski definition) is 7. The van der Waals surface area contributed by atoms with E-state index in [0.717, 1.165) is 5.56 Å². The monoisotopic (exact) mass is 490 g/mol. The van der Waals surface area contributed by atoms with Gasteiger partial charge in [0.2, 0.25) is 0 Å². The Balaban J connectivity index is 1.53. The Hall–Kier alpha value is -2.31. The fourth-order valence-corrected chi connectivity index (χ4v) is 6.01. The molecule has 164 valence electrons. The molecule has 1 N–H and O–H groups in total. The molecule has 8 nitrogen and oxygen atoms in total. The summed E-state index contributed by atoms with van der Waals surface area (Å²) in [5.41, 5.74) is 1.86. The van der Waals surface area contributed by atoms with E-state index in [4.69, 9.17) is 30.1 Å². The number of pyridine rings is 2. The molecule has 0 radical (unpaired) electrons. The highest BCUT2D eigenvalue weighted by Crippen LogP contribution is 2.55. The molecule has 5 rings (SSSR count). The number of hydrogen-bond donors (Lipinski definition) is 1. The molecule has 1 fully saturated rings. The van der Waals surface area contributed by atoms with E-state index >= 15 is 0 Å². The standard InChI is InChI=1S/C21H17ClN2O6P2/c22-15-3-1-2-13(10-15)18-7-9-28-32(27,30-18)16-11-14-4-5-17-19(29-31(25)26)6-8-23-21(17)20(14)24-12-16/h1-6,8,10-12,18,31H,7,9H2,(H,25,26)/t18-,32?/m0/s1. The van der Waals surface area contributed by atoms with E-state index in [1.54, 1.807) is 30.3 Å². The van der Waals surface area contributed by atoms with Crippen LogP contribution in [0.5, 0.6) is 5.75 Å². The normalized spacial score (nSPS) is 22.1. The summed E-state index contributed by atoms with van der Waals surface area (Å²) >= 11 is 6.09. The number of aromatic nitrogens is 2. The molecule has 0 saturated carbocycles. The van der Waals surface area contributed by atoms with Crippen LogP contribution in [0.3, 0.4) is 0 Å². The third kappa shape index (κ3) is 4.06. The minimum atomic E-state index is -3.62. The van der Waals surface area contributed by atoms with Gasteiger partial charge in [-0.3, -0.25) is 19.1 Å². The summed E-state index contributed by atoms with van der Waals surface area (Å²) in [4.78, 5) is 17.9. The third-order valence-corrected chi connectivity index (χ3v) is 7.71.